The van der Waals surface area contributed by atoms with Crippen LogP contribution in [0.5, 0.6) is 0 Å². The van der Waals surface area contributed by atoms with Crippen LogP contribution in [0.4, 0.5) is 5.69 Å². The van der Waals surface area contributed by atoms with Gasteiger partial charge in [-0.25, -0.2) is 0 Å². The van der Waals surface area contributed by atoms with Crippen LogP contribution in [0.1, 0.15) is 33.0 Å². The largest absolute Gasteiger partial charge is 0.351 e. The quantitative estimate of drug-likeness (QED) is 0.584. The molecular formula is C20H20N6O. The third kappa shape index (κ3) is 3.08. The lowest BCUT2D eigenvalue weighted by Crippen LogP contribution is -2.13. The number of benzene rings is 2. The van der Waals surface area contributed by atoms with Crippen molar-refractivity contribution in [3.8, 4) is 5.69 Å². The number of amides is 1. The number of anilines is 1. The van der Waals surface area contributed by atoms with Crippen LogP contribution in [0.3, 0.4) is 0 Å². The van der Waals surface area contributed by atoms with Gasteiger partial charge in [-0.3, -0.25) is 4.79 Å². The van der Waals surface area contributed by atoms with Crippen LogP contribution in [0.15, 0.2) is 36.4 Å². The van der Waals surface area contributed by atoms with E-state index in [0.717, 1.165) is 33.3 Å². The van der Waals surface area contributed by atoms with E-state index in [1.807, 2.05) is 58.0 Å². The summed E-state index contributed by atoms with van der Waals surface area (Å²) >= 11 is 0. The maximum atomic E-state index is 12.7. The summed E-state index contributed by atoms with van der Waals surface area (Å²) in [6.07, 6.45) is 0. The maximum Gasteiger partial charge on any atom is 0.272 e. The van der Waals surface area contributed by atoms with Crippen LogP contribution in [0, 0.1) is 27.7 Å². The molecule has 0 spiro atoms. The number of tetrazole rings is 1. The molecular weight excluding hydrogens is 340 g/mol. The van der Waals surface area contributed by atoms with E-state index in [2.05, 4.69) is 31.9 Å². The number of aromatic nitrogens is 5. The summed E-state index contributed by atoms with van der Waals surface area (Å²) < 4.78 is 1.65. The van der Waals surface area contributed by atoms with Gasteiger partial charge in [0.2, 0.25) is 0 Å². The van der Waals surface area contributed by atoms with E-state index in [1.165, 1.54) is 0 Å². The molecule has 0 fully saturated rings. The van der Waals surface area contributed by atoms with Gasteiger partial charge in [0.15, 0.2) is 5.82 Å². The number of aromatic amines is 1. The molecule has 0 unspecified atom stereocenters. The molecule has 0 aliphatic rings. The van der Waals surface area contributed by atoms with Crippen molar-refractivity contribution in [1.82, 2.24) is 25.2 Å². The van der Waals surface area contributed by atoms with Crippen molar-refractivity contribution in [3.05, 3.63) is 64.6 Å². The highest BCUT2D eigenvalue weighted by molar-refractivity contribution is 6.06. The first-order chi connectivity index (χ1) is 12.9. The first kappa shape index (κ1) is 17.0. The number of hydrogen-bond acceptors (Lipinski definition) is 4. The van der Waals surface area contributed by atoms with Gasteiger partial charge in [0.25, 0.3) is 5.91 Å². The molecule has 7 nitrogen and oxygen atoms in total. The molecule has 4 aromatic rings. The minimum atomic E-state index is -0.188. The zero-order valence-electron chi connectivity index (χ0n) is 15.7. The molecule has 4 rings (SSSR count). The second-order valence-corrected chi connectivity index (χ2v) is 6.82. The van der Waals surface area contributed by atoms with E-state index in [4.69, 9.17) is 0 Å². The third-order valence-corrected chi connectivity index (χ3v) is 4.65. The fraction of sp³-hybridized carbons (Fsp3) is 0.200. The Hall–Kier alpha value is -3.48. The smallest absolute Gasteiger partial charge is 0.272 e. The van der Waals surface area contributed by atoms with Crippen molar-refractivity contribution in [2.24, 2.45) is 0 Å². The van der Waals surface area contributed by atoms with Gasteiger partial charge < -0.3 is 10.3 Å². The molecule has 2 N–H and O–H groups in total. The third-order valence-electron chi connectivity index (χ3n) is 4.65. The van der Waals surface area contributed by atoms with Crippen LogP contribution >= 0.6 is 0 Å². The number of hydrogen-bond donors (Lipinski definition) is 2. The highest BCUT2D eigenvalue weighted by atomic mass is 16.1. The van der Waals surface area contributed by atoms with Crippen LogP contribution < -0.4 is 5.32 Å². The van der Waals surface area contributed by atoms with Gasteiger partial charge in [-0.1, -0.05) is 12.1 Å². The lowest BCUT2D eigenvalue weighted by molar-refractivity contribution is 0.102. The summed E-state index contributed by atoms with van der Waals surface area (Å²) in [4.78, 5) is 16.0. The summed E-state index contributed by atoms with van der Waals surface area (Å²) in [5.74, 6) is 0.495. The molecule has 0 aliphatic heterocycles. The summed E-state index contributed by atoms with van der Waals surface area (Å²) in [7, 11) is 0. The van der Waals surface area contributed by atoms with Gasteiger partial charge in [-0.2, -0.15) is 4.68 Å². The number of nitrogens with zero attached hydrogens (tertiary/aromatic N) is 4. The topological polar surface area (TPSA) is 88.5 Å². The zero-order valence-corrected chi connectivity index (χ0v) is 15.7. The highest BCUT2D eigenvalue weighted by Crippen LogP contribution is 2.23. The lowest BCUT2D eigenvalue weighted by Gasteiger charge is -2.10. The van der Waals surface area contributed by atoms with Gasteiger partial charge >= 0.3 is 0 Å². The monoisotopic (exact) mass is 360 g/mol. The summed E-state index contributed by atoms with van der Waals surface area (Å²) in [6.45, 7) is 7.90. The van der Waals surface area contributed by atoms with E-state index in [-0.39, 0.29) is 5.91 Å². The number of aryl methyl sites for hydroxylation is 4. The first-order valence-corrected chi connectivity index (χ1v) is 8.70. The van der Waals surface area contributed by atoms with E-state index < -0.39 is 0 Å². The predicted octanol–water partition coefficient (Wildman–Crippen LogP) is 3.63. The molecule has 0 saturated heterocycles. The molecule has 0 bridgehead atoms. The molecule has 1 amide bonds. The summed E-state index contributed by atoms with van der Waals surface area (Å²) in [6, 6.07) is 11.7. The Kier molecular flexibility index (Phi) is 3.99. The van der Waals surface area contributed by atoms with E-state index >= 15 is 0 Å². The van der Waals surface area contributed by atoms with Gasteiger partial charge in [-0.05, 0) is 79.1 Å². The van der Waals surface area contributed by atoms with Crippen molar-refractivity contribution in [2.45, 2.75) is 27.7 Å². The molecule has 7 heteroatoms. The maximum absolute atomic E-state index is 12.7. The normalized spacial score (nSPS) is 11.1. The molecule has 2 aromatic heterocycles. The number of carbonyl (C=O) groups is 1. The molecule has 136 valence electrons. The molecule has 2 aromatic carbocycles. The molecule has 0 aliphatic carbocycles. The molecule has 0 atom stereocenters. The van der Waals surface area contributed by atoms with Crippen molar-refractivity contribution in [2.75, 3.05) is 5.32 Å². The lowest BCUT2D eigenvalue weighted by atomic mass is 10.1. The Labute approximate surface area is 156 Å². The highest BCUT2D eigenvalue weighted by Gasteiger charge is 2.13. The minimum Gasteiger partial charge on any atom is -0.351 e. The average Bonchev–Trinajstić information content (AvgIpc) is 3.23. The number of carbonyl (C=O) groups excluding carboxylic acids is 1. The molecule has 0 saturated carbocycles. The van der Waals surface area contributed by atoms with Crippen molar-refractivity contribution in [1.29, 1.82) is 0 Å². The van der Waals surface area contributed by atoms with E-state index in [9.17, 15) is 4.79 Å². The van der Waals surface area contributed by atoms with Crippen molar-refractivity contribution < 1.29 is 4.79 Å². The molecule has 0 radical (unpaired) electrons. The van der Waals surface area contributed by atoms with Gasteiger partial charge in [0, 0.05) is 16.6 Å². The Morgan fingerprint density at radius 2 is 1.85 bits per heavy atom. The van der Waals surface area contributed by atoms with Crippen LogP contribution in [-0.2, 0) is 0 Å². The Bertz CT molecular complexity index is 1170. The predicted molar refractivity (Wildman–Crippen MR) is 104 cm³/mol. The molecule has 2 heterocycles. The molecule has 27 heavy (non-hydrogen) atoms. The SMILES string of the molecule is Cc1cc(C)c2cc(C(=O)Nc3ccc(C)c(-n4nnnc4C)c3)[nH]c2c1. The number of fused-ring (bicyclic) bond motifs is 1. The zero-order chi connectivity index (χ0) is 19.1. The van der Waals surface area contributed by atoms with E-state index in [1.54, 1.807) is 4.68 Å². The second-order valence-electron chi connectivity index (χ2n) is 6.82. The fourth-order valence-corrected chi connectivity index (χ4v) is 3.29. The number of H-pyrrole nitrogens is 1. The summed E-state index contributed by atoms with van der Waals surface area (Å²) in [5.41, 5.74) is 6.33. The minimum absolute atomic E-state index is 0.188. The van der Waals surface area contributed by atoms with E-state index in [0.29, 0.717) is 17.2 Å². The number of rotatable bonds is 3. The van der Waals surface area contributed by atoms with Gasteiger partial charge in [0.05, 0.1) is 5.69 Å². The van der Waals surface area contributed by atoms with Gasteiger partial charge in [-0.15, -0.1) is 5.10 Å². The average molecular weight is 360 g/mol. The number of nitrogens with one attached hydrogen (secondary N) is 2. The standard InChI is InChI=1S/C20H20N6O/c1-11-7-13(3)16-10-18(22-17(16)8-11)20(27)21-15-6-5-12(2)19(9-15)26-14(4)23-24-25-26/h5-10,22H,1-4H3,(H,21,27). The van der Waals surface area contributed by atoms with Crippen LogP contribution in [-0.4, -0.2) is 31.1 Å². The Morgan fingerprint density at radius 1 is 1.04 bits per heavy atom. The summed E-state index contributed by atoms with van der Waals surface area (Å²) in [5, 5.41) is 15.6. The fourth-order valence-electron chi connectivity index (χ4n) is 3.29. The van der Waals surface area contributed by atoms with Crippen LogP contribution in [0.25, 0.3) is 16.6 Å². The van der Waals surface area contributed by atoms with Crippen LogP contribution in [0.2, 0.25) is 0 Å². The van der Waals surface area contributed by atoms with Gasteiger partial charge in [0.1, 0.15) is 5.69 Å². The Balaban J connectivity index is 1.66. The second kappa shape index (κ2) is 6.35. The Morgan fingerprint density at radius 3 is 2.59 bits per heavy atom. The van der Waals surface area contributed by atoms with Crippen molar-refractivity contribution >= 4 is 22.5 Å². The van der Waals surface area contributed by atoms with Crippen molar-refractivity contribution in [3.63, 3.8) is 0 Å². The first-order valence-electron chi connectivity index (χ1n) is 8.70.